The molecular formula is C20H27NS. The molecule has 2 rings (SSSR count). The first kappa shape index (κ1) is 17.1. The molecule has 22 heavy (non-hydrogen) atoms. The van der Waals surface area contributed by atoms with Gasteiger partial charge in [0.25, 0.3) is 0 Å². The molecule has 1 aromatic heterocycles. The summed E-state index contributed by atoms with van der Waals surface area (Å²) >= 11 is 1.94. The number of hydrogen-bond donors (Lipinski definition) is 0. The highest BCUT2D eigenvalue weighted by Crippen LogP contribution is 2.26. The SMILES string of the molecule is Cc1cc(C)nc(CCCSc2ccc(C(C)(C)C)cc2)c1. The number of hydrogen-bond acceptors (Lipinski definition) is 2. The monoisotopic (exact) mass is 313 g/mol. The fourth-order valence-electron chi connectivity index (χ4n) is 2.55. The van der Waals surface area contributed by atoms with Crippen LogP contribution in [0.3, 0.4) is 0 Å². The second-order valence-corrected chi connectivity index (χ2v) is 8.17. The molecule has 0 aliphatic heterocycles. The molecule has 0 atom stereocenters. The quantitative estimate of drug-likeness (QED) is 0.517. The van der Waals surface area contributed by atoms with Crippen molar-refractivity contribution in [2.45, 2.75) is 57.8 Å². The van der Waals surface area contributed by atoms with Gasteiger partial charge < -0.3 is 0 Å². The molecule has 0 saturated carbocycles. The fourth-order valence-corrected chi connectivity index (χ4v) is 3.40. The van der Waals surface area contributed by atoms with Gasteiger partial charge in [-0.2, -0.15) is 0 Å². The minimum absolute atomic E-state index is 0.234. The van der Waals surface area contributed by atoms with E-state index in [1.807, 2.05) is 11.8 Å². The predicted molar refractivity (Wildman–Crippen MR) is 97.9 cm³/mol. The van der Waals surface area contributed by atoms with Gasteiger partial charge in [-0.15, -0.1) is 11.8 Å². The lowest BCUT2D eigenvalue weighted by Gasteiger charge is -2.19. The maximum atomic E-state index is 4.61. The number of rotatable bonds is 5. The predicted octanol–water partition coefficient (Wildman–Crippen LogP) is 5.72. The van der Waals surface area contributed by atoms with Gasteiger partial charge in [0.2, 0.25) is 0 Å². The van der Waals surface area contributed by atoms with Gasteiger partial charge in [-0.25, -0.2) is 0 Å². The third-order valence-electron chi connectivity index (χ3n) is 3.72. The molecule has 118 valence electrons. The molecule has 0 aliphatic rings. The normalized spacial score (nSPS) is 11.7. The Hall–Kier alpha value is -1.28. The van der Waals surface area contributed by atoms with Crippen molar-refractivity contribution >= 4 is 11.8 Å². The van der Waals surface area contributed by atoms with E-state index in [0.29, 0.717) is 0 Å². The Morgan fingerprint density at radius 2 is 1.68 bits per heavy atom. The van der Waals surface area contributed by atoms with Crippen LogP contribution < -0.4 is 0 Å². The first-order valence-electron chi connectivity index (χ1n) is 8.02. The van der Waals surface area contributed by atoms with Gasteiger partial charge in [0.05, 0.1) is 0 Å². The first-order valence-corrected chi connectivity index (χ1v) is 9.01. The number of thioether (sulfide) groups is 1. The maximum absolute atomic E-state index is 4.61. The number of nitrogens with zero attached hydrogens (tertiary/aromatic N) is 1. The lowest BCUT2D eigenvalue weighted by molar-refractivity contribution is 0.590. The van der Waals surface area contributed by atoms with Crippen LogP contribution in [0.15, 0.2) is 41.3 Å². The van der Waals surface area contributed by atoms with Crippen molar-refractivity contribution in [3.05, 3.63) is 58.9 Å². The molecule has 1 nitrogen and oxygen atoms in total. The summed E-state index contributed by atoms with van der Waals surface area (Å²) in [5.41, 5.74) is 5.29. The van der Waals surface area contributed by atoms with Crippen molar-refractivity contribution in [2.75, 3.05) is 5.75 Å². The van der Waals surface area contributed by atoms with Gasteiger partial charge in [0.1, 0.15) is 0 Å². The topological polar surface area (TPSA) is 12.9 Å². The molecule has 0 aliphatic carbocycles. The number of benzene rings is 1. The Morgan fingerprint density at radius 1 is 1.00 bits per heavy atom. The van der Waals surface area contributed by atoms with Crippen LogP contribution in [0, 0.1) is 13.8 Å². The highest BCUT2D eigenvalue weighted by atomic mass is 32.2. The van der Waals surface area contributed by atoms with Crippen molar-refractivity contribution in [3.63, 3.8) is 0 Å². The van der Waals surface area contributed by atoms with E-state index < -0.39 is 0 Å². The molecule has 0 fully saturated rings. The summed E-state index contributed by atoms with van der Waals surface area (Å²) in [6.45, 7) is 11.0. The van der Waals surface area contributed by atoms with Crippen LogP contribution >= 0.6 is 11.8 Å². The second kappa shape index (κ2) is 7.32. The number of aromatic nitrogens is 1. The molecule has 0 bridgehead atoms. The molecule has 0 radical (unpaired) electrons. The number of aryl methyl sites for hydroxylation is 3. The fraction of sp³-hybridized carbons (Fsp3) is 0.450. The van der Waals surface area contributed by atoms with Crippen molar-refractivity contribution < 1.29 is 0 Å². The van der Waals surface area contributed by atoms with Gasteiger partial charge in [-0.05, 0) is 73.2 Å². The van der Waals surface area contributed by atoms with Gasteiger partial charge in [0, 0.05) is 16.3 Å². The van der Waals surface area contributed by atoms with E-state index in [4.69, 9.17) is 0 Å². The van der Waals surface area contributed by atoms with Crippen LogP contribution in [0.1, 0.15) is 49.7 Å². The van der Waals surface area contributed by atoms with Crippen molar-refractivity contribution in [1.82, 2.24) is 4.98 Å². The zero-order chi connectivity index (χ0) is 16.2. The smallest absolute Gasteiger partial charge is 0.0409 e. The molecule has 1 aromatic carbocycles. The van der Waals surface area contributed by atoms with Gasteiger partial charge in [-0.1, -0.05) is 32.9 Å². The van der Waals surface area contributed by atoms with Crippen molar-refractivity contribution in [2.24, 2.45) is 0 Å². The average Bonchev–Trinajstić information content (AvgIpc) is 2.42. The highest BCUT2D eigenvalue weighted by molar-refractivity contribution is 7.99. The molecule has 0 N–H and O–H groups in total. The zero-order valence-electron chi connectivity index (χ0n) is 14.4. The van der Waals surface area contributed by atoms with Crippen LogP contribution in [0.4, 0.5) is 0 Å². The van der Waals surface area contributed by atoms with Gasteiger partial charge in [0.15, 0.2) is 0 Å². The summed E-state index contributed by atoms with van der Waals surface area (Å²) in [6.07, 6.45) is 2.23. The Morgan fingerprint density at radius 3 is 2.27 bits per heavy atom. The first-order chi connectivity index (χ1) is 10.3. The highest BCUT2D eigenvalue weighted by Gasteiger charge is 2.12. The molecule has 0 saturated heterocycles. The molecule has 1 heterocycles. The Labute approximate surface area is 139 Å². The van der Waals surface area contributed by atoms with Crippen LogP contribution in [-0.2, 0) is 11.8 Å². The molecule has 0 amide bonds. The third kappa shape index (κ3) is 5.17. The van der Waals surface area contributed by atoms with Crippen molar-refractivity contribution in [1.29, 1.82) is 0 Å². The molecular weight excluding hydrogens is 286 g/mol. The summed E-state index contributed by atoms with van der Waals surface area (Å²) in [5, 5.41) is 0. The minimum Gasteiger partial charge on any atom is -0.258 e. The molecule has 2 heteroatoms. The summed E-state index contributed by atoms with van der Waals surface area (Å²) < 4.78 is 0. The number of pyridine rings is 1. The molecule has 0 spiro atoms. The summed E-state index contributed by atoms with van der Waals surface area (Å²) in [5.74, 6) is 1.14. The Bertz CT molecular complexity index is 588. The Balaban J connectivity index is 1.81. The van der Waals surface area contributed by atoms with E-state index in [-0.39, 0.29) is 5.41 Å². The van der Waals surface area contributed by atoms with Crippen LogP contribution in [0.25, 0.3) is 0 Å². The summed E-state index contributed by atoms with van der Waals surface area (Å²) in [7, 11) is 0. The van der Waals surface area contributed by atoms with E-state index in [9.17, 15) is 0 Å². The van der Waals surface area contributed by atoms with Crippen LogP contribution in [0.2, 0.25) is 0 Å². The minimum atomic E-state index is 0.234. The zero-order valence-corrected chi connectivity index (χ0v) is 15.3. The largest absolute Gasteiger partial charge is 0.258 e. The molecule has 2 aromatic rings. The van der Waals surface area contributed by atoms with Crippen LogP contribution in [0.5, 0.6) is 0 Å². The van der Waals surface area contributed by atoms with E-state index in [1.54, 1.807) is 0 Å². The van der Waals surface area contributed by atoms with Crippen LogP contribution in [-0.4, -0.2) is 10.7 Å². The lowest BCUT2D eigenvalue weighted by Crippen LogP contribution is -2.10. The molecule has 0 unspecified atom stereocenters. The van der Waals surface area contributed by atoms with E-state index in [1.165, 1.54) is 28.1 Å². The van der Waals surface area contributed by atoms with Crippen molar-refractivity contribution in [3.8, 4) is 0 Å². The van der Waals surface area contributed by atoms with Gasteiger partial charge in [-0.3, -0.25) is 4.98 Å². The van der Waals surface area contributed by atoms with E-state index >= 15 is 0 Å². The standard InChI is InChI=1S/C20H27NS/c1-15-13-16(2)21-18(14-15)7-6-12-22-19-10-8-17(9-11-19)20(3,4)5/h8-11,13-14H,6-7,12H2,1-5H3. The lowest BCUT2D eigenvalue weighted by atomic mass is 9.87. The third-order valence-corrected chi connectivity index (χ3v) is 4.82. The van der Waals surface area contributed by atoms with E-state index in [0.717, 1.165) is 17.9 Å². The maximum Gasteiger partial charge on any atom is 0.0409 e. The van der Waals surface area contributed by atoms with Gasteiger partial charge >= 0.3 is 0 Å². The second-order valence-electron chi connectivity index (χ2n) is 7.00. The summed E-state index contributed by atoms with van der Waals surface area (Å²) in [6, 6.07) is 13.4. The Kier molecular flexibility index (Phi) is 5.69. The van der Waals surface area contributed by atoms with E-state index in [2.05, 4.69) is 76.0 Å². The average molecular weight is 314 g/mol. The summed E-state index contributed by atoms with van der Waals surface area (Å²) in [4.78, 5) is 5.97.